The van der Waals surface area contributed by atoms with Crippen molar-refractivity contribution in [3.8, 4) is 5.69 Å². The molecule has 0 saturated heterocycles. The molecule has 0 spiro atoms. The zero-order valence-corrected chi connectivity index (χ0v) is 15.3. The summed E-state index contributed by atoms with van der Waals surface area (Å²) < 4.78 is 2.26. The van der Waals surface area contributed by atoms with Gasteiger partial charge in [0.1, 0.15) is 5.69 Å². The molecule has 2 heterocycles. The first-order valence-corrected chi connectivity index (χ1v) is 8.84. The number of benzene rings is 2. The summed E-state index contributed by atoms with van der Waals surface area (Å²) in [6.07, 6.45) is 0.843. The molecule has 25 heavy (non-hydrogen) atoms. The Morgan fingerprint density at radius 3 is 2.64 bits per heavy atom. The van der Waals surface area contributed by atoms with Crippen molar-refractivity contribution in [2.75, 3.05) is 16.8 Å². The van der Waals surface area contributed by atoms with Crippen LogP contribution < -0.4 is 27.2 Å². The average Bonchev–Trinajstić information content (AvgIpc) is 2.88. The minimum absolute atomic E-state index is 0. The Balaban J connectivity index is 0.00000182. The molecule has 6 heteroatoms. The summed E-state index contributed by atoms with van der Waals surface area (Å²) in [6, 6.07) is 17.6. The molecule has 1 N–H and O–H groups in total. The topological polar surface area (TPSA) is 36.2 Å². The van der Waals surface area contributed by atoms with Crippen molar-refractivity contribution in [3.63, 3.8) is 0 Å². The highest BCUT2D eigenvalue weighted by Crippen LogP contribution is 2.27. The van der Waals surface area contributed by atoms with Crippen LogP contribution in [-0.4, -0.2) is 12.6 Å². The number of aryl methyl sites for hydroxylation is 1. The molecule has 4 rings (SSSR count). The first kappa shape index (κ1) is 17.5. The minimum atomic E-state index is -0.0953. The molecule has 1 aliphatic rings. The van der Waals surface area contributed by atoms with Crippen LogP contribution in [0, 0.1) is 6.92 Å². The molecule has 0 atom stereocenters. The third kappa shape index (κ3) is 3.25. The SMILES string of the molecule is Cc1csc2[n+]1-c1ccccc1N(C(=O)Nc1ccccc1)CC2.[Cl-]. The first-order chi connectivity index (χ1) is 11.7. The van der Waals surface area contributed by atoms with E-state index in [9.17, 15) is 4.79 Å². The van der Waals surface area contributed by atoms with Crippen molar-refractivity contribution < 1.29 is 21.8 Å². The molecule has 0 radical (unpaired) electrons. The average molecular weight is 372 g/mol. The van der Waals surface area contributed by atoms with E-state index in [1.54, 1.807) is 11.3 Å². The highest BCUT2D eigenvalue weighted by Gasteiger charge is 2.31. The third-order valence-corrected chi connectivity index (χ3v) is 5.32. The molecule has 4 nitrogen and oxygen atoms in total. The minimum Gasteiger partial charge on any atom is -1.00 e. The predicted molar refractivity (Wildman–Crippen MR) is 97.1 cm³/mol. The number of fused-ring (bicyclic) bond motifs is 3. The maximum Gasteiger partial charge on any atom is 0.326 e. The number of carbonyl (C=O) groups is 1. The molecular formula is C19H18ClN3OS. The number of para-hydroxylation sites is 3. The van der Waals surface area contributed by atoms with E-state index in [2.05, 4.69) is 28.3 Å². The van der Waals surface area contributed by atoms with Crippen molar-refractivity contribution in [2.24, 2.45) is 0 Å². The zero-order chi connectivity index (χ0) is 16.5. The van der Waals surface area contributed by atoms with Crippen LogP contribution in [-0.2, 0) is 6.42 Å². The molecule has 0 fully saturated rings. The van der Waals surface area contributed by atoms with Gasteiger partial charge in [-0.2, -0.15) is 0 Å². The van der Waals surface area contributed by atoms with Gasteiger partial charge in [-0.15, -0.1) is 4.57 Å². The molecule has 1 aromatic heterocycles. The summed E-state index contributed by atoms with van der Waals surface area (Å²) in [4.78, 5) is 14.7. The summed E-state index contributed by atoms with van der Waals surface area (Å²) in [5, 5.41) is 6.44. The monoisotopic (exact) mass is 371 g/mol. The number of thiazole rings is 1. The number of carbonyl (C=O) groups excluding carboxylic acids is 1. The number of rotatable bonds is 1. The maximum absolute atomic E-state index is 12.8. The normalized spacial score (nSPS) is 12.4. The van der Waals surface area contributed by atoms with E-state index in [1.807, 2.05) is 53.4 Å². The molecule has 3 aromatic rings. The second-order valence-electron chi connectivity index (χ2n) is 5.79. The van der Waals surface area contributed by atoms with E-state index < -0.39 is 0 Å². The van der Waals surface area contributed by atoms with E-state index in [4.69, 9.17) is 0 Å². The van der Waals surface area contributed by atoms with Crippen LogP contribution in [0.15, 0.2) is 60.0 Å². The lowest BCUT2D eigenvalue weighted by Gasteiger charge is -2.21. The highest BCUT2D eigenvalue weighted by atomic mass is 35.5. The summed E-state index contributed by atoms with van der Waals surface area (Å²) in [6.45, 7) is 2.77. The summed E-state index contributed by atoms with van der Waals surface area (Å²) in [7, 11) is 0. The molecule has 0 aliphatic carbocycles. The Kier molecular flexibility index (Phi) is 5.06. The van der Waals surface area contributed by atoms with Gasteiger partial charge in [0.25, 0.3) is 0 Å². The van der Waals surface area contributed by atoms with Gasteiger partial charge < -0.3 is 17.7 Å². The Morgan fingerprint density at radius 1 is 1.12 bits per heavy atom. The van der Waals surface area contributed by atoms with Gasteiger partial charge in [0.05, 0.1) is 11.8 Å². The van der Waals surface area contributed by atoms with Crippen LogP contribution in [0.25, 0.3) is 5.69 Å². The Bertz CT molecular complexity index is 895. The smallest absolute Gasteiger partial charge is 0.326 e. The largest absolute Gasteiger partial charge is 1.00 e. The van der Waals surface area contributed by atoms with Gasteiger partial charge in [-0.05, 0) is 18.2 Å². The van der Waals surface area contributed by atoms with Crippen molar-refractivity contribution in [1.29, 1.82) is 0 Å². The fourth-order valence-electron chi connectivity index (χ4n) is 3.08. The molecule has 128 valence electrons. The number of anilines is 2. The van der Waals surface area contributed by atoms with Crippen LogP contribution in [0.2, 0.25) is 0 Å². The van der Waals surface area contributed by atoms with E-state index >= 15 is 0 Å². The molecule has 0 bridgehead atoms. The van der Waals surface area contributed by atoms with E-state index in [0.717, 1.165) is 23.5 Å². The van der Waals surface area contributed by atoms with Crippen LogP contribution in [0.3, 0.4) is 0 Å². The van der Waals surface area contributed by atoms with Crippen molar-refractivity contribution in [2.45, 2.75) is 13.3 Å². The Hall–Kier alpha value is -2.37. The summed E-state index contributed by atoms with van der Waals surface area (Å²) >= 11 is 1.75. The van der Waals surface area contributed by atoms with Crippen LogP contribution in [0.5, 0.6) is 0 Å². The van der Waals surface area contributed by atoms with Crippen LogP contribution in [0.4, 0.5) is 16.2 Å². The van der Waals surface area contributed by atoms with Gasteiger partial charge in [0.2, 0.25) is 10.7 Å². The number of halogens is 1. The van der Waals surface area contributed by atoms with Crippen LogP contribution >= 0.6 is 11.3 Å². The van der Waals surface area contributed by atoms with Crippen molar-refractivity contribution >= 4 is 28.7 Å². The van der Waals surface area contributed by atoms with E-state index in [1.165, 1.54) is 10.7 Å². The Labute approximate surface area is 157 Å². The molecular weight excluding hydrogens is 354 g/mol. The lowest BCUT2D eigenvalue weighted by molar-refractivity contribution is -0.603. The number of nitrogens with zero attached hydrogens (tertiary/aromatic N) is 2. The highest BCUT2D eigenvalue weighted by molar-refractivity contribution is 7.09. The number of aromatic nitrogens is 1. The molecule has 2 amide bonds. The number of hydrogen-bond acceptors (Lipinski definition) is 2. The third-order valence-electron chi connectivity index (χ3n) is 4.20. The molecule has 2 aromatic carbocycles. The lowest BCUT2D eigenvalue weighted by Crippen LogP contribution is -3.00. The number of amides is 2. The van der Waals surface area contributed by atoms with Gasteiger partial charge in [0.15, 0.2) is 5.69 Å². The second kappa shape index (κ2) is 7.25. The quantitative estimate of drug-likeness (QED) is 0.635. The Morgan fingerprint density at radius 2 is 1.84 bits per heavy atom. The van der Waals surface area contributed by atoms with Crippen molar-refractivity contribution in [3.05, 3.63) is 70.7 Å². The van der Waals surface area contributed by atoms with E-state index in [0.29, 0.717) is 6.54 Å². The van der Waals surface area contributed by atoms with Crippen LogP contribution in [0.1, 0.15) is 10.7 Å². The molecule has 1 aliphatic heterocycles. The number of nitrogens with one attached hydrogen (secondary N) is 1. The fraction of sp³-hybridized carbons (Fsp3) is 0.158. The fourth-order valence-corrected chi connectivity index (χ4v) is 4.05. The van der Waals surface area contributed by atoms with Gasteiger partial charge in [-0.25, -0.2) is 4.79 Å². The number of urea groups is 1. The second-order valence-corrected chi connectivity index (χ2v) is 6.74. The predicted octanol–water partition coefficient (Wildman–Crippen LogP) is 0.932. The summed E-state index contributed by atoms with van der Waals surface area (Å²) in [5.41, 5.74) is 4.01. The van der Waals surface area contributed by atoms with Gasteiger partial charge in [-0.1, -0.05) is 41.7 Å². The zero-order valence-electron chi connectivity index (χ0n) is 13.8. The van der Waals surface area contributed by atoms with Gasteiger partial charge >= 0.3 is 6.03 Å². The standard InChI is InChI=1S/C19H17N3OS.ClH/c1-14-13-24-18-11-12-21(16-9-5-6-10-17(16)22(14)18)19(23)20-15-7-3-2-4-8-15;/h2-10,13H,11-12H2,1H3;1H. The lowest BCUT2D eigenvalue weighted by atomic mass is 10.2. The van der Waals surface area contributed by atoms with Crippen molar-refractivity contribution in [1.82, 2.24) is 0 Å². The molecule has 0 saturated carbocycles. The number of hydrogen-bond donors (Lipinski definition) is 1. The summed E-state index contributed by atoms with van der Waals surface area (Å²) in [5.74, 6) is 0. The van der Waals surface area contributed by atoms with Gasteiger partial charge in [0, 0.05) is 25.2 Å². The molecule has 0 unspecified atom stereocenters. The van der Waals surface area contributed by atoms with E-state index in [-0.39, 0.29) is 18.4 Å². The maximum atomic E-state index is 12.8. The van der Waals surface area contributed by atoms with Gasteiger partial charge in [-0.3, -0.25) is 4.90 Å². The first-order valence-electron chi connectivity index (χ1n) is 7.96.